The molecule has 0 radical (unpaired) electrons. The predicted molar refractivity (Wildman–Crippen MR) is 51.4 cm³/mol. The molecule has 0 atom stereocenters. The van der Waals surface area contributed by atoms with Crippen molar-refractivity contribution in [1.29, 1.82) is 0 Å². The summed E-state index contributed by atoms with van der Waals surface area (Å²) in [6.45, 7) is 2.99. The van der Waals surface area contributed by atoms with Crippen LogP contribution in [0.5, 0.6) is 0 Å². The van der Waals surface area contributed by atoms with Crippen molar-refractivity contribution in [2.75, 3.05) is 26.1 Å². The maximum absolute atomic E-state index is 12.8. The molecule has 0 N–H and O–H groups in total. The molecule has 0 aliphatic heterocycles. The molecule has 4 nitrogen and oxygen atoms in total. The molecular weight excluding hydrogens is 230 g/mol. The average Bonchev–Trinajstić information content (AvgIpc) is 2.00. The van der Waals surface area contributed by atoms with Crippen LogP contribution in [-0.2, 0) is 19.0 Å². The molecule has 0 aromatic heterocycles. The average molecular weight is 244 g/mol. The van der Waals surface area contributed by atoms with Gasteiger partial charge in [0.1, 0.15) is 6.61 Å². The largest absolute Gasteiger partial charge is 0.372 e. The molecule has 0 unspecified atom stereocenters. The van der Waals surface area contributed by atoms with E-state index in [0.717, 1.165) is 6.26 Å². The Morgan fingerprint density at radius 2 is 1.93 bits per heavy atom. The molecule has 0 amide bonds. The maximum atomic E-state index is 12.8. The smallest absolute Gasteiger partial charge is 0.291 e. The van der Waals surface area contributed by atoms with Gasteiger partial charge in [0.05, 0.1) is 19.5 Å². The second-order valence-corrected chi connectivity index (χ2v) is 4.71. The summed E-state index contributed by atoms with van der Waals surface area (Å²) in [5.74, 6) is -3.09. The zero-order valence-electron chi connectivity index (χ0n) is 8.63. The molecule has 0 spiro atoms. The van der Waals surface area contributed by atoms with Crippen molar-refractivity contribution in [1.82, 2.24) is 0 Å². The Hall–Kier alpha value is -0.530. The predicted octanol–water partition coefficient (Wildman–Crippen LogP) is 1.19. The van der Waals surface area contributed by atoms with Crippen LogP contribution >= 0.6 is 0 Å². The molecule has 90 valence electrons. The quantitative estimate of drug-likeness (QED) is 0.383. The molecule has 0 fully saturated rings. The van der Waals surface area contributed by atoms with Gasteiger partial charge in [-0.1, -0.05) is 6.58 Å². The summed E-state index contributed by atoms with van der Waals surface area (Å²) >= 11 is 0. The first-order valence-corrected chi connectivity index (χ1v) is 5.93. The first-order chi connectivity index (χ1) is 6.65. The van der Waals surface area contributed by atoms with E-state index in [-0.39, 0.29) is 18.8 Å². The molecular formula is C8H14F2O4S. The van der Waals surface area contributed by atoms with Gasteiger partial charge < -0.3 is 4.74 Å². The fraction of sp³-hybridized carbons (Fsp3) is 0.750. The van der Waals surface area contributed by atoms with Crippen LogP contribution < -0.4 is 0 Å². The lowest BCUT2D eigenvalue weighted by Crippen LogP contribution is -2.25. The van der Waals surface area contributed by atoms with Crippen LogP contribution in [0.4, 0.5) is 8.78 Å². The normalized spacial score (nSPS) is 12.8. The second kappa shape index (κ2) is 5.53. The summed E-state index contributed by atoms with van der Waals surface area (Å²) in [5.41, 5.74) is -0.300. The number of alkyl halides is 2. The summed E-state index contributed by atoms with van der Waals surface area (Å²) < 4.78 is 55.4. The number of hydrogen-bond donors (Lipinski definition) is 0. The van der Waals surface area contributed by atoms with Crippen molar-refractivity contribution in [3.8, 4) is 0 Å². The van der Waals surface area contributed by atoms with Gasteiger partial charge in [-0.05, 0) is 12.5 Å². The first kappa shape index (κ1) is 14.5. The van der Waals surface area contributed by atoms with Gasteiger partial charge in [0.15, 0.2) is 0 Å². The fourth-order valence-electron chi connectivity index (χ4n) is 0.568. The topological polar surface area (TPSA) is 52.6 Å². The van der Waals surface area contributed by atoms with Gasteiger partial charge in [-0.15, -0.1) is 0 Å². The maximum Gasteiger partial charge on any atom is 0.291 e. The molecule has 0 bridgehead atoms. The SMILES string of the molecule is C=C(C)C(F)(F)COCCOS(C)(=O)=O. The number of halogens is 2. The van der Waals surface area contributed by atoms with Crippen LogP contribution in [0.2, 0.25) is 0 Å². The Bertz CT molecular complexity index is 311. The molecule has 0 aliphatic carbocycles. The molecule has 0 aromatic rings. The van der Waals surface area contributed by atoms with Crippen molar-refractivity contribution in [2.45, 2.75) is 12.8 Å². The highest BCUT2D eigenvalue weighted by atomic mass is 32.2. The minimum absolute atomic E-state index is 0.212. The van der Waals surface area contributed by atoms with Gasteiger partial charge >= 0.3 is 0 Å². The van der Waals surface area contributed by atoms with E-state index < -0.39 is 22.6 Å². The fourth-order valence-corrected chi connectivity index (χ4v) is 0.939. The van der Waals surface area contributed by atoms with Crippen molar-refractivity contribution < 1.29 is 26.1 Å². The Morgan fingerprint density at radius 1 is 1.40 bits per heavy atom. The van der Waals surface area contributed by atoms with E-state index in [1.165, 1.54) is 6.92 Å². The van der Waals surface area contributed by atoms with Gasteiger partial charge in [-0.25, -0.2) is 0 Å². The second-order valence-electron chi connectivity index (χ2n) is 3.06. The van der Waals surface area contributed by atoms with E-state index in [1.807, 2.05) is 0 Å². The van der Waals surface area contributed by atoms with Crippen LogP contribution in [0.1, 0.15) is 6.92 Å². The molecule has 7 heteroatoms. The van der Waals surface area contributed by atoms with Gasteiger partial charge in [0.25, 0.3) is 16.0 Å². The minimum Gasteiger partial charge on any atom is -0.372 e. The van der Waals surface area contributed by atoms with E-state index in [4.69, 9.17) is 0 Å². The summed E-state index contributed by atoms with van der Waals surface area (Å²) in [7, 11) is -3.54. The highest BCUT2D eigenvalue weighted by molar-refractivity contribution is 7.85. The number of rotatable bonds is 7. The Labute approximate surface area is 88.0 Å². The standard InChI is InChI=1S/C8H14F2O4S/c1-7(2)8(9,10)6-13-4-5-14-15(3,11)12/h1,4-6H2,2-3H3. The van der Waals surface area contributed by atoms with E-state index in [2.05, 4.69) is 15.5 Å². The number of hydrogen-bond acceptors (Lipinski definition) is 4. The molecule has 0 aliphatic rings. The molecule has 0 aromatic carbocycles. The van der Waals surface area contributed by atoms with E-state index in [9.17, 15) is 17.2 Å². The molecule has 0 saturated heterocycles. The van der Waals surface area contributed by atoms with Gasteiger partial charge in [0, 0.05) is 0 Å². The summed E-state index contributed by atoms with van der Waals surface area (Å²) in [4.78, 5) is 0. The van der Waals surface area contributed by atoms with Gasteiger partial charge in [0.2, 0.25) is 0 Å². The Balaban J connectivity index is 3.69. The molecule has 0 rings (SSSR count). The van der Waals surface area contributed by atoms with Crippen LogP contribution in [-0.4, -0.2) is 40.4 Å². The van der Waals surface area contributed by atoms with Crippen LogP contribution in [0, 0.1) is 0 Å². The zero-order chi connectivity index (χ0) is 12.1. The third-order valence-corrected chi connectivity index (χ3v) is 2.03. The highest BCUT2D eigenvalue weighted by Gasteiger charge is 2.29. The van der Waals surface area contributed by atoms with E-state index in [0.29, 0.717) is 0 Å². The lowest BCUT2D eigenvalue weighted by atomic mass is 10.2. The lowest BCUT2D eigenvalue weighted by Gasteiger charge is -2.15. The minimum atomic E-state index is -3.54. The van der Waals surface area contributed by atoms with Crippen LogP contribution in [0.25, 0.3) is 0 Å². The van der Waals surface area contributed by atoms with E-state index >= 15 is 0 Å². The zero-order valence-corrected chi connectivity index (χ0v) is 9.44. The third kappa shape index (κ3) is 7.40. The van der Waals surface area contributed by atoms with Crippen molar-refractivity contribution in [3.63, 3.8) is 0 Å². The summed E-state index contributed by atoms with van der Waals surface area (Å²) in [6, 6.07) is 0. The molecule has 0 heterocycles. The van der Waals surface area contributed by atoms with Crippen LogP contribution in [0.3, 0.4) is 0 Å². The number of ether oxygens (including phenoxy) is 1. The van der Waals surface area contributed by atoms with Crippen molar-refractivity contribution in [3.05, 3.63) is 12.2 Å². The summed E-state index contributed by atoms with van der Waals surface area (Å²) in [6.07, 6.45) is 0.871. The van der Waals surface area contributed by atoms with Crippen molar-refractivity contribution >= 4 is 10.1 Å². The first-order valence-electron chi connectivity index (χ1n) is 4.11. The molecule has 15 heavy (non-hydrogen) atoms. The summed E-state index contributed by atoms with van der Waals surface area (Å²) in [5, 5.41) is 0. The third-order valence-electron chi connectivity index (χ3n) is 1.43. The highest BCUT2D eigenvalue weighted by Crippen LogP contribution is 2.21. The Kier molecular flexibility index (Phi) is 5.33. The van der Waals surface area contributed by atoms with Crippen LogP contribution in [0.15, 0.2) is 12.2 Å². The van der Waals surface area contributed by atoms with Gasteiger partial charge in [-0.2, -0.15) is 17.2 Å². The van der Waals surface area contributed by atoms with Crippen molar-refractivity contribution in [2.24, 2.45) is 0 Å². The van der Waals surface area contributed by atoms with E-state index in [1.54, 1.807) is 0 Å². The monoisotopic (exact) mass is 244 g/mol. The molecule has 0 saturated carbocycles. The van der Waals surface area contributed by atoms with Gasteiger partial charge in [-0.3, -0.25) is 4.18 Å². The lowest BCUT2D eigenvalue weighted by molar-refractivity contribution is -0.0526. The Morgan fingerprint density at radius 3 is 2.33 bits per heavy atom.